The summed E-state index contributed by atoms with van der Waals surface area (Å²) in [6, 6.07) is 15.9. The maximum Gasteiger partial charge on any atom is 0.573 e. The number of nitrogens with one attached hydrogen (secondary N) is 1. The second-order valence-electron chi connectivity index (χ2n) is 10.3. The normalized spacial score (nSPS) is 21.0. The Morgan fingerprint density at radius 2 is 1.82 bits per heavy atom. The molecule has 1 saturated carbocycles. The van der Waals surface area contributed by atoms with Gasteiger partial charge in [0.15, 0.2) is 11.5 Å². The average molecular weight is 553 g/mol. The van der Waals surface area contributed by atoms with Crippen molar-refractivity contribution >= 4 is 11.8 Å². The molecule has 1 aliphatic carbocycles. The number of alkyl halides is 3. The summed E-state index contributed by atoms with van der Waals surface area (Å²) < 4.78 is 53.8. The number of carbonyl (C=O) groups excluding carboxylic acids is 2. The first kappa shape index (κ1) is 26.0. The van der Waals surface area contributed by atoms with Crippen molar-refractivity contribution < 1.29 is 37.0 Å². The lowest BCUT2D eigenvalue weighted by atomic mass is 9.96. The summed E-state index contributed by atoms with van der Waals surface area (Å²) in [5.41, 5.74) is 2.59. The van der Waals surface area contributed by atoms with Crippen molar-refractivity contribution in [1.29, 1.82) is 0 Å². The number of aryl methyl sites for hydroxylation is 1. The van der Waals surface area contributed by atoms with Crippen LogP contribution in [0.1, 0.15) is 32.7 Å². The molecule has 2 fully saturated rings. The number of fused-ring (bicyclic) bond motifs is 2. The van der Waals surface area contributed by atoms with Crippen LogP contribution < -0.4 is 19.5 Å². The molecule has 0 aromatic heterocycles. The number of likely N-dealkylation sites (tertiary alicyclic amines) is 1. The number of hydrogen-bond donors (Lipinski definition) is 1. The van der Waals surface area contributed by atoms with Crippen molar-refractivity contribution in [2.45, 2.75) is 25.7 Å². The summed E-state index contributed by atoms with van der Waals surface area (Å²) >= 11 is 0. The highest BCUT2D eigenvalue weighted by Crippen LogP contribution is 2.50. The summed E-state index contributed by atoms with van der Waals surface area (Å²) in [6.07, 6.45) is -3.84. The molecule has 7 nitrogen and oxygen atoms in total. The minimum absolute atomic E-state index is 0.202. The van der Waals surface area contributed by atoms with Gasteiger partial charge >= 0.3 is 6.36 Å². The van der Waals surface area contributed by atoms with E-state index in [1.807, 2.05) is 6.92 Å². The van der Waals surface area contributed by atoms with E-state index < -0.39 is 6.36 Å². The fourth-order valence-corrected chi connectivity index (χ4v) is 5.71. The molecule has 2 heterocycles. The van der Waals surface area contributed by atoms with Gasteiger partial charge in [0.2, 0.25) is 0 Å². The summed E-state index contributed by atoms with van der Waals surface area (Å²) in [5, 5.41) is 2.98. The van der Waals surface area contributed by atoms with Crippen LogP contribution >= 0.6 is 0 Å². The number of amides is 2. The van der Waals surface area contributed by atoms with E-state index in [9.17, 15) is 22.8 Å². The summed E-state index contributed by atoms with van der Waals surface area (Å²) in [6.45, 7) is 3.46. The van der Waals surface area contributed by atoms with Crippen LogP contribution in [0.3, 0.4) is 0 Å². The van der Waals surface area contributed by atoms with E-state index in [1.165, 1.54) is 18.2 Å². The summed E-state index contributed by atoms with van der Waals surface area (Å²) in [5.74, 6) is 0.695. The number of nitrogens with zero attached hydrogens (tertiary/aromatic N) is 1. The zero-order valence-corrected chi connectivity index (χ0v) is 21.7. The quantitative estimate of drug-likeness (QED) is 0.454. The van der Waals surface area contributed by atoms with Crippen molar-refractivity contribution in [1.82, 2.24) is 10.2 Å². The van der Waals surface area contributed by atoms with E-state index in [1.54, 1.807) is 47.4 Å². The van der Waals surface area contributed by atoms with Gasteiger partial charge in [-0.15, -0.1) is 13.2 Å². The Hall–Kier alpha value is -4.21. The van der Waals surface area contributed by atoms with E-state index in [0.717, 1.165) is 12.0 Å². The lowest BCUT2D eigenvalue weighted by molar-refractivity contribution is -0.274. The van der Waals surface area contributed by atoms with Gasteiger partial charge in [-0.25, -0.2) is 0 Å². The summed E-state index contributed by atoms with van der Waals surface area (Å²) in [7, 11) is 0. The highest BCUT2D eigenvalue weighted by atomic mass is 19.4. The molecule has 3 aromatic carbocycles. The van der Waals surface area contributed by atoms with Crippen molar-refractivity contribution in [3.8, 4) is 28.4 Å². The average Bonchev–Trinajstić information content (AvgIpc) is 3.61. The molecule has 10 heteroatoms. The van der Waals surface area contributed by atoms with Crippen molar-refractivity contribution in [2.24, 2.45) is 11.8 Å². The number of carbonyl (C=O) groups is 2. The Kier molecular flexibility index (Phi) is 6.56. The largest absolute Gasteiger partial charge is 0.573 e. The molecular weight excluding hydrogens is 525 g/mol. The lowest BCUT2D eigenvalue weighted by Crippen LogP contribution is -2.45. The predicted octanol–water partition coefficient (Wildman–Crippen LogP) is 5.22. The van der Waals surface area contributed by atoms with Crippen LogP contribution in [-0.2, 0) is 0 Å². The Morgan fingerprint density at radius 3 is 2.65 bits per heavy atom. The highest BCUT2D eigenvalue weighted by Gasteiger charge is 2.54. The number of rotatable bonds is 6. The zero-order chi connectivity index (χ0) is 28.0. The molecule has 3 aliphatic rings. The van der Waals surface area contributed by atoms with E-state index in [0.29, 0.717) is 59.4 Å². The Labute approximate surface area is 228 Å². The third kappa shape index (κ3) is 5.17. The number of para-hydroxylation sites is 1. The van der Waals surface area contributed by atoms with Crippen molar-refractivity contribution in [3.63, 3.8) is 0 Å². The highest BCUT2D eigenvalue weighted by molar-refractivity contribution is 6.02. The van der Waals surface area contributed by atoms with Gasteiger partial charge in [0.25, 0.3) is 11.8 Å². The second-order valence-corrected chi connectivity index (χ2v) is 10.3. The Morgan fingerprint density at radius 1 is 1.02 bits per heavy atom. The number of ether oxygens (including phenoxy) is 3. The third-order valence-electron chi connectivity index (χ3n) is 7.63. The Balaban J connectivity index is 1.23. The fraction of sp³-hybridized carbons (Fsp3) is 0.333. The first-order valence-electron chi connectivity index (χ1n) is 13.1. The van der Waals surface area contributed by atoms with Crippen LogP contribution in [0.4, 0.5) is 13.2 Å². The second kappa shape index (κ2) is 10.1. The maximum atomic E-state index is 13.9. The molecule has 0 radical (unpaired) electrons. The van der Waals surface area contributed by atoms with Crippen LogP contribution in [0.2, 0.25) is 0 Å². The molecule has 0 spiro atoms. The number of piperidine rings is 1. The van der Waals surface area contributed by atoms with Crippen LogP contribution in [0.15, 0.2) is 60.7 Å². The van der Waals surface area contributed by atoms with Crippen LogP contribution in [0, 0.1) is 18.8 Å². The molecule has 6 rings (SSSR count). The molecule has 2 amide bonds. The fourth-order valence-electron chi connectivity index (χ4n) is 5.71. The van der Waals surface area contributed by atoms with Crippen LogP contribution in [0.25, 0.3) is 11.1 Å². The van der Waals surface area contributed by atoms with Crippen LogP contribution in [-0.4, -0.2) is 55.4 Å². The van der Waals surface area contributed by atoms with Gasteiger partial charge in [-0.05, 0) is 66.6 Å². The molecular formula is C30H27F3N2O5. The molecule has 0 unspecified atom stereocenters. The smallest absolute Gasteiger partial charge is 0.486 e. The molecule has 1 N–H and O–H groups in total. The molecule has 3 aromatic rings. The minimum atomic E-state index is -4.82. The molecule has 3 atom stereocenters. The van der Waals surface area contributed by atoms with Gasteiger partial charge in [-0.2, -0.15) is 0 Å². The topological polar surface area (TPSA) is 77.1 Å². The summed E-state index contributed by atoms with van der Waals surface area (Å²) in [4.78, 5) is 28.8. The van der Waals surface area contributed by atoms with E-state index in [-0.39, 0.29) is 36.1 Å². The maximum absolute atomic E-state index is 13.9. The van der Waals surface area contributed by atoms with E-state index in [2.05, 4.69) is 10.1 Å². The van der Waals surface area contributed by atoms with Gasteiger partial charge in [-0.3, -0.25) is 9.59 Å². The molecule has 0 bridgehead atoms. The lowest BCUT2D eigenvalue weighted by Gasteiger charge is -2.29. The Bertz CT molecular complexity index is 1470. The van der Waals surface area contributed by atoms with Gasteiger partial charge in [0.05, 0.1) is 11.6 Å². The minimum Gasteiger partial charge on any atom is -0.486 e. The van der Waals surface area contributed by atoms with Gasteiger partial charge in [-0.1, -0.05) is 35.9 Å². The molecule has 2 aliphatic heterocycles. The van der Waals surface area contributed by atoms with Gasteiger partial charge in [0.1, 0.15) is 19.0 Å². The molecule has 1 saturated heterocycles. The predicted molar refractivity (Wildman–Crippen MR) is 139 cm³/mol. The van der Waals surface area contributed by atoms with Gasteiger partial charge < -0.3 is 24.4 Å². The van der Waals surface area contributed by atoms with Crippen molar-refractivity contribution in [2.75, 3.05) is 26.3 Å². The SMILES string of the molecule is Cc1ccc(C(=O)N2C[C@H]3C[C@H]3[C@H]2CNC(=O)c2cccc3c2OCCO3)c(-c2cccc(OC(F)(F)F)c2)c1. The van der Waals surface area contributed by atoms with E-state index >= 15 is 0 Å². The van der Waals surface area contributed by atoms with E-state index in [4.69, 9.17) is 9.47 Å². The van der Waals surface area contributed by atoms with Crippen LogP contribution in [0.5, 0.6) is 17.2 Å². The molecule has 40 heavy (non-hydrogen) atoms. The van der Waals surface area contributed by atoms with Gasteiger partial charge in [0, 0.05) is 18.7 Å². The number of hydrogen-bond acceptors (Lipinski definition) is 5. The third-order valence-corrected chi connectivity index (χ3v) is 7.63. The van der Waals surface area contributed by atoms with Crippen molar-refractivity contribution in [3.05, 3.63) is 77.4 Å². The standard InChI is InChI=1S/C30H27F3N2O5/c1-17-8-9-21(23(12-17)18-4-2-5-20(13-18)40-30(31,32)33)29(37)35-16-19-14-24(19)25(35)15-34-28(36)22-6-3-7-26-27(22)39-11-10-38-26/h2-9,12-13,19,24-25H,10-11,14-16H2,1H3,(H,34,36)/t19-,24-,25-/m1/s1. The molecule has 208 valence electrons. The number of halogens is 3. The monoisotopic (exact) mass is 552 g/mol. The number of benzene rings is 3. The first-order valence-corrected chi connectivity index (χ1v) is 13.1. The first-order chi connectivity index (χ1) is 19.2. The zero-order valence-electron chi connectivity index (χ0n) is 21.7.